The van der Waals surface area contributed by atoms with E-state index in [0.29, 0.717) is 11.3 Å². The normalized spacial score (nSPS) is 11.1. The maximum absolute atomic E-state index is 12.1. The molecule has 0 fully saturated rings. The summed E-state index contributed by atoms with van der Waals surface area (Å²) in [5.41, 5.74) is 7.50. The predicted molar refractivity (Wildman–Crippen MR) is 81.6 cm³/mol. The molecule has 0 aromatic heterocycles. The number of nitrogens with one attached hydrogen (secondary N) is 1. The number of amides is 1. The van der Waals surface area contributed by atoms with E-state index in [1.165, 1.54) is 12.1 Å². The second kappa shape index (κ2) is 5.97. The van der Waals surface area contributed by atoms with Crippen LogP contribution in [0.25, 0.3) is 0 Å². The lowest BCUT2D eigenvalue weighted by molar-refractivity contribution is 0.0951. The van der Waals surface area contributed by atoms with Crippen LogP contribution in [0.3, 0.4) is 0 Å². The van der Waals surface area contributed by atoms with Gasteiger partial charge in [0.05, 0.1) is 4.90 Å². The van der Waals surface area contributed by atoms with Gasteiger partial charge in [-0.1, -0.05) is 24.3 Å². The van der Waals surface area contributed by atoms with Crippen LogP contribution in [0, 0.1) is 0 Å². The highest BCUT2D eigenvalue weighted by Crippen LogP contribution is 2.13. The van der Waals surface area contributed by atoms with Crippen molar-refractivity contribution in [1.82, 2.24) is 5.32 Å². The van der Waals surface area contributed by atoms with E-state index in [4.69, 9.17) is 5.73 Å². The molecule has 21 heavy (non-hydrogen) atoms. The van der Waals surface area contributed by atoms with Crippen LogP contribution in [0.5, 0.6) is 0 Å². The van der Waals surface area contributed by atoms with Crippen molar-refractivity contribution in [3.8, 4) is 0 Å². The van der Waals surface area contributed by atoms with Crippen molar-refractivity contribution in [2.45, 2.75) is 11.4 Å². The molecule has 0 aliphatic heterocycles. The van der Waals surface area contributed by atoms with Gasteiger partial charge in [-0.2, -0.15) is 0 Å². The second-order valence-electron chi connectivity index (χ2n) is 4.68. The summed E-state index contributed by atoms with van der Waals surface area (Å²) in [6.07, 6.45) is 1.11. The third kappa shape index (κ3) is 3.82. The molecule has 0 aliphatic rings. The van der Waals surface area contributed by atoms with E-state index >= 15 is 0 Å². The van der Waals surface area contributed by atoms with Gasteiger partial charge in [0.2, 0.25) is 0 Å². The van der Waals surface area contributed by atoms with Crippen molar-refractivity contribution >= 4 is 21.4 Å². The largest absolute Gasteiger partial charge is 0.398 e. The van der Waals surface area contributed by atoms with Crippen LogP contribution < -0.4 is 11.1 Å². The number of hydrogen-bond acceptors (Lipinski definition) is 4. The number of anilines is 1. The molecule has 5 nitrogen and oxygen atoms in total. The number of carbonyl (C=O) groups is 1. The Bertz CT molecular complexity index is 770. The summed E-state index contributed by atoms with van der Waals surface area (Å²) < 4.78 is 23.0. The lowest BCUT2D eigenvalue weighted by atomic mass is 10.1. The zero-order valence-corrected chi connectivity index (χ0v) is 12.4. The fourth-order valence-electron chi connectivity index (χ4n) is 1.84. The van der Waals surface area contributed by atoms with Gasteiger partial charge in [-0.25, -0.2) is 8.42 Å². The summed E-state index contributed by atoms with van der Waals surface area (Å²) in [7, 11) is -3.33. The number of nitrogen functional groups attached to an aromatic ring is 1. The lowest BCUT2D eigenvalue weighted by Gasteiger charge is -2.08. The summed E-state index contributed by atoms with van der Waals surface area (Å²) in [6, 6.07) is 13.2. The van der Waals surface area contributed by atoms with Crippen LogP contribution in [0.15, 0.2) is 53.4 Å². The Labute approximate surface area is 123 Å². The SMILES string of the molecule is CS(=O)(=O)c1cccc(C(=O)NCc2ccccc2N)c1. The molecule has 0 saturated carbocycles. The second-order valence-corrected chi connectivity index (χ2v) is 6.70. The molecule has 110 valence electrons. The van der Waals surface area contributed by atoms with Gasteiger partial charge in [0.25, 0.3) is 5.91 Å². The summed E-state index contributed by atoms with van der Waals surface area (Å²) >= 11 is 0. The molecular formula is C15H16N2O3S. The Morgan fingerprint density at radius 1 is 1.14 bits per heavy atom. The third-order valence-corrected chi connectivity index (χ3v) is 4.13. The van der Waals surface area contributed by atoms with E-state index < -0.39 is 9.84 Å². The van der Waals surface area contributed by atoms with E-state index in [2.05, 4.69) is 5.32 Å². The Kier molecular flexibility index (Phi) is 4.28. The highest BCUT2D eigenvalue weighted by molar-refractivity contribution is 7.90. The minimum Gasteiger partial charge on any atom is -0.398 e. The molecule has 3 N–H and O–H groups in total. The molecule has 2 rings (SSSR count). The van der Waals surface area contributed by atoms with E-state index in [9.17, 15) is 13.2 Å². The van der Waals surface area contributed by atoms with Gasteiger partial charge in [0.15, 0.2) is 9.84 Å². The monoisotopic (exact) mass is 304 g/mol. The number of sulfone groups is 1. The molecule has 2 aromatic rings. The molecule has 0 aliphatic carbocycles. The number of rotatable bonds is 4. The standard InChI is InChI=1S/C15H16N2O3S/c1-21(19,20)13-7-4-6-11(9-13)15(18)17-10-12-5-2-3-8-14(12)16/h2-9H,10,16H2,1H3,(H,17,18). The number of para-hydroxylation sites is 1. The van der Waals surface area contributed by atoms with Gasteiger partial charge in [0.1, 0.15) is 0 Å². The van der Waals surface area contributed by atoms with Crippen LogP contribution in [0.4, 0.5) is 5.69 Å². The zero-order valence-electron chi connectivity index (χ0n) is 11.5. The first-order valence-corrected chi connectivity index (χ1v) is 8.19. The van der Waals surface area contributed by atoms with E-state index in [1.807, 2.05) is 18.2 Å². The first-order valence-electron chi connectivity index (χ1n) is 6.29. The fourth-order valence-corrected chi connectivity index (χ4v) is 2.51. The van der Waals surface area contributed by atoms with E-state index in [-0.39, 0.29) is 17.3 Å². The van der Waals surface area contributed by atoms with Gasteiger partial charge in [-0.05, 0) is 29.8 Å². The first kappa shape index (κ1) is 15.1. The molecule has 0 unspecified atom stereocenters. The Morgan fingerprint density at radius 2 is 1.86 bits per heavy atom. The van der Waals surface area contributed by atoms with Crippen LogP contribution in [0.2, 0.25) is 0 Å². The van der Waals surface area contributed by atoms with E-state index in [0.717, 1.165) is 11.8 Å². The van der Waals surface area contributed by atoms with Crippen LogP contribution >= 0.6 is 0 Å². The Hall–Kier alpha value is -2.34. The number of carbonyl (C=O) groups excluding carboxylic acids is 1. The summed E-state index contributed by atoms with van der Waals surface area (Å²) in [4.78, 5) is 12.2. The molecule has 0 spiro atoms. The summed E-state index contributed by atoms with van der Waals surface area (Å²) in [5, 5.41) is 2.72. The number of hydrogen-bond donors (Lipinski definition) is 2. The molecule has 6 heteroatoms. The summed E-state index contributed by atoms with van der Waals surface area (Å²) in [5.74, 6) is -0.344. The molecule has 0 saturated heterocycles. The average molecular weight is 304 g/mol. The molecule has 0 heterocycles. The molecule has 0 bridgehead atoms. The molecule has 0 radical (unpaired) electrons. The van der Waals surface area contributed by atoms with Gasteiger partial charge in [-0.15, -0.1) is 0 Å². The smallest absolute Gasteiger partial charge is 0.251 e. The Balaban J connectivity index is 2.13. The minimum atomic E-state index is -3.33. The Morgan fingerprint density at radius 3 is 2.52 bits per heavy atom. The first-order chi connectivity index (χ1) is 9.88. The fraction of sp³-hybridized carbons (Fsp3) is 0.133. The molecule has 0 atom stereocenters. The van der Waals surface area contributed by atoms with Crippen molar-refractivity contribution in [2.75, 3.05) is 12.0 Å². The van der Waals surface area contributed by atoms with E-state index in [1.54, 1.807) is 18.2 Å². The van der Waals surface area contributed by atoms with Crippen molar-refractivity contribution in [3.63, 3.8) is 0 Å². The lowest BCUT2D eigenvalue weighted by Crippen LogP contribution is -2.23. The van der Waals surface area contributed by atoms with Crippen LogP contribution in [-0.2, 0) is 16.4 Å². The average Bonchev–Trinajstić information content (AvgIpc) is 2.45. The molecule has 2 aromatic carbocycles. The van der Waals surface area contributed by atoms with Gasteiger partial charge in [-0.3, -0.25) is 4.79 Å². The molecule has 1 amide bonds. The number of nitrogens with two attached hydrogens (primary N) is 1. The van der Waals surface area contributed by atoms with Gasteiger partial charge < -0.3 is 11.1 Å². The third-order valence-electron chi connectivity index (χ3n) is 3.02. The summed E-state index contributed by atoms with van der Waals surface area (Å²) in [6.45, 7) is 0.286. The topological polar surface area (TPSA) is 89.3 Å². The highest BCUT2D eigenvalue weighted by Gasteiger charge is 2.11. The van der Waals surface area contributed by atoms with Crippen molar-refractivity contribution < 1.29 is 13.2 Å². The van der Waals surface area contributed by atoms with Crippen LogP contribution in [0.1, 0.15) is 15.9 Å². The van der Waals surface area contributed by atoms with Crippen molar-refractivity contribution in [1.29, 1.82) is 0 Å². The highest BCUT2D eigenvalue weighted by atomic mass is 32.2. The van der Waals surface area contributed by atoms with Gasteiger partial charge >= 0.3 is 0 Å². The quantitative estimate of drug-likeness (QED) is 0.840. The maximum atomic E-state index is 12.1. The minimum absolute atomic E-state index is 0.120. The zero-order chi connectivity index (χ0) is 15.5. The van der Waals surface area contributed by atoms with Gasteiger partial charge in [0, 0.05) is 24.1 Å². The van der Waals surface area contributed by atoms with Crippen LogP contribution in [-0.4, -0.2) is 20.6 Å². The number of benzene rings is 2. The van der Waals surface area contributed by atoms with Crippen molar-refractivity contribution in [2.24, 2.45) is 0 Å². The molecular weight excluding hydrogens is 288 g/mol. The predicted octanol–water partition coefficient (Wildman–Crippen LogP) is 1.60. The maximum Gasteiger partial charge on any atom is 0.251 e. The van der Waals surface area contributed by atoms with Crippen molar-refractivity contribution in [3.05, 3.63) is 59.7 Å².